The summed E-state index contributed by atoms with van der Waals surface area (Å²) in [5.74, 6) is 3.21. The van der Waals surface area contributed by atoms with Crippen LogP contribution in [0.15, 0.2) is 18.2 Å². The molecule has 82 valence electrons. The van der Waals surface area contributed by atoms with E-state index in [4.69, 9.17) is 9.47 Å². The van der Waals surface area contributed by atoms with Gasteiger partial charge in [0, 0.05) is 11.4 Å². The Morgan fingerprint density at radius 1 is 1.20 bits per heavy atom. The van der Waals surface area contributed by atoms with Crippen molar-refractivity contribution in [2.45, 2.75) is 12.3 Å². The number of hydrogen-bond acceptors (Lipinski definition) is 2. The van der Waals surface area contributed by atoms with Crippen molar-refractivity contribution in [1.82, 2.24) is 0 Å². The Hall–Kier alpha value is -0.700. The van der Waals surface area contributed by atoms with Crippen LogP contribution < -0.4 is 9.47 Å². The number of methoxy groups -OCH3 is 2. The minimum atomic E-state index is 0.674. The smallest absolute Gasteiger partial charge is 0.122 e. The number of ether oxygens (including phenoxy) is 2. The third-order valence-corrected chi connectivity index (χ3v) is 3.75. The third kappa shape index (κ3) is 2.28. The molecule has 1 aromatic rings. The van der Waals surface area contributed by atoms with Crippen molar-refractivity contribution in [3.8, 4) is 11.5 Å². The van der Waals surface area contributed by atoms with E-state index in [2.05, 4.69) is 28.1 Å². The molecule has 0 radical (unpaired) electrons. The molecule has 2 unspecified atom stereocenters. The standard InChI is InChI=1S/C12H15BrO2/c1-14-10-3-8(4-11(6-10)15-2)12-5-9(12)7-13/h3-4,6,9,12H,5,7H2,1-2H3. The molecule has 2 nitrogen and oxygen atoms in total. The first-order chi connectivity index (χ1) is 7.28. The normalized spacial score (nSPS) is 23.7. The number of alkyl halides is 1. The van der Waals surface area contributed by atoms with Crippen LogP contribution in [-0.2, 0) is 0 Å². The Kier molecular flexibility index (Phi) is 3.19. The molecule has 0 amide bonds. The summed E-state index contributed by atoms with van der Waals surface area (Å²) < 4.78 is 10.5. The van der Waals surface area contributed by atoms with Gasteiger partial charge in [-0.15, -0.1) is 0 Å². The van der Waals surface area contributed by atoms with E-state index in [1.807, 2.05) is 6.07 Å². The summed E-state index contributed by atoms with van der Waals surface area (Å²) in [6, 6.07) is 6.13. The molecule has 2 rings (SSSR count). The van der Waals surface area contributed by atoms with Crippen molar-refractivity contribution in [3.63, 3.8) is 0 Å². The fraction of sp³-hybridized carbons (Fsp3) is 0.500. The van der Waals surface area contributed by atoms with Crippen LogP contribution in [-0.4, -0.2) is 19.5 Å². The lowest BCUT2D eigenvalue weighted by Crippen LogP contribution is -1.91. The van der Waals surface area contributed by atoms with Crippen LogP contribution in [0.1, 0.15) is 17.9 Å². The minimum Gasteiger partial charge on any atom is -0.497 e. The largest absolute Gasteiger partial charge is 0.497 e. The lowest BCUT2D eigenvalue weighted by atomic mass is 10.1. The second kappa shape index (κ2) is 4.44. The van der Waals surface area contributed by atoms with Gasteiger partial charge in [0.25, 0.3) is 0 Å². The zero-order chi connectivity index (χ0) is 10.8. The van der Waals surface area contributed by atoms with Crippen LogP contribution in [0.2, 0.25) is 0 Å². The van der Waals surface area contributed by atoms with E-state index in [0.29, 0.717) is 5.92 Å². The molecule has 0 heterocycles. The lowest BCUT2D eigenvalue weighted by Gasteiger charge is -2.07. The van der Waals surface area contributed by atoms with Gasteiger partial charge < -0.3 is 9.47 Å². The SMILES string of the molecule is COc1cc(OC)cc(C2CC2CBr)c1. The number of benzene rings is 1. The summed E-state index contributed by atoms with van der Waals surface area (Å²) in [6.07, 6.45) is 1.27. The quantitative estimate of drug-likeness (QED) is 0.783. The molecule has 1 aromatic carbocycles. The predicted octanol–water partition coefficient (Wildman–Crippen LogP) is 3.20. The number of hydrogen-bond donors (Lipinski definition) is 0. The first-order valence-electron chi connectivity index (χ1n) is 5.07. The van der Waals surface area contributed by atoms with E-state index in [1.54, 1.807) is 14.2 Å². The maximum atomic E-state index is 5.25. The highest BCUT2D eigenvalue weighted by Crippen LogP contribution is 2.49. The first-order valence-corrected chi connectivity index (χ1v) is 6.19. The topological polar surface area (TPSA) is 18.5 Å². The zero-order valence-corrected chi connectivity index (χ0v) is 10.6. The van der Waals surface area contributed by atoms with Crippen LogP contribution in [0.5, 0.6) is 11.5 Å². The summed E-state index contributed by atoms with van der Waals surface area (Å²) in [5.41, 5.74) is 1.33. The molecule has 0 aliphatic heterocycles. The Bertz CT molecular complexity index is 329. The van der Waals surface area contributed by atoms with Gasteiger partial charge in [0.05, 0.1) is 14.2 Å². The van der Waals surface area contributed by atoms with Crippen molar-refractivity contribution in [2.24, 2.45) is 5.92 Å². The Morgan fingerprint density at radius 2 is 1.80 bits per heavy atom. The fourth-order valence-corrected chi connectivity index (χ4v) is 2.59. The van der Waals surface area contributed by atoms with E-state index in [0.717, 1.165) is 22.7 Å². The van der Waals surface area contributed by atoms with E-state index in [-0.39, 0.29) is 0 Å². The van der Waals surface area contributed by atoms with Gasteiger partial charge in [0.15, 0.2) is 0 Å². The van der Waals surface area contributed by atoms with Gasteiger partial charge in [-0.3, -0.25) is 0 Å². The molecule has 15 heavy (non-hydrogen) atoms. The maximum Gasteiger partial charge on any atom is 0.122 e. The van der Waals surface area contributed by atoms with Crippen LogP contribution >= 0.6 is 15.9 Å². The third-order valence-electron chi connectivity index (χ3n) is 2.92. The van der Waals surface area contributed by atoms with Crippen LogP contribution in [0.25, 0.3) is 0 Å². The van der Waals surface area contributed by atoms with Gasteiger partial charge in [0.1, 0.15) is 11.5 Å². The number of halogens is 1. The summed E-state index contributed by atoms with van der Waals surface area (Å²) >= 11 is 3.52. The van der Waals surface area contributed by atoms with Gasteiger partial charge in [-0.1, -0.05) is 15.9 Å². The molecular formula is C12H15BrO2. The van der Waals surface area contributed by atoms with E-state index < -0.39 is 0 Å². The highest BCUT2D eigenvalue weighted by atomic mass is 79.9. The average molecular weight is 271 g/mol. The van der Waals surface area contributed by atoms with Crippen molar-refractivity contribution >= 4 is 15.9 Å². The van der Waals surface area contributed by atoms with Gasteiger partial charge in [-0.25, -0.2) is 0 Å². The molecule has 3 heteroatoms. The molecule has 0 bridgehead atoms. The van der Waals surface area contributed by atoms with E-state index >= 15 is 0 Å². The minimum absolute atomic E-state index is 0.674. The molecule has 1 aliphatic rings. The van der Waals surface area contributed by atoms with Crippen LogP contribution in [0, 0.1) is 5.92 Å². The van der Waals surface area contributed by atoms with Gasteiger partial charge in [-0.05, 0) is 36.0 Å². The summed E-state index contributed by atoms with van der Waals surface area (Å²) in [6.45, 7) is 0. The highest BCUT2D eigenvalue weighted by Gasteiger charge is 2.37. The molecular weight excluding hydrogens is 256 g/mol. The summed E-state index contributed by atoms with van der Waals surface area (Å²) in [4.78, 5) is 0. The average Bonchev–Trinajstić information content (AvgIpc) is 3.07. The van der Waals surface area contributed by atoms with Crippen molar-refractivity contribution < 1.29 is 9.47 Å². The Balaban J connectivity index is 2.23. The Morgan fingerprint density at radius 3 is 2.20 bits per heavy atom. The zero-order valence-electron chi connectivity index (χ0n) is 9.00. The molecule has 2 atom stereocenters. The van der Waals surface area contributed by atoms with Crippen LogP contribution in [0.4, 0.5) is 0 Å². The van der Waals surface area contributed by atoms with E-state index in [9.17, 15) is 0 Å². The summed E-state index contributed by atoms with van der Waals surface area (Å²) in [5, 5.41) is 1.08. The summed E-state index contributed by atoms with van der Waals surface area (Å²) in [7, 11) is 3.38. The molecule has 0 N–H and O–H groups in total. The monoisotopic (exact) mass is 270 g/mol. The second-order valence-corrected chi connectivity index (χ2v) is 4.55. The number of rotatable bonds is 4. The molecule has 0 spiro atoms. The van der Waals surface area contributed by atoms with Crippen molar-refractivity contribution in [3.05, 3.63) is 23.8 Å². The lowest BCUT2D eigenvalue weighted by molar-refractivity contribution is 0.393. The molecule has 1 aliphatic carbocycles. The molecule has 1 saturated carbocycles. The first kappa shape index (κ1) is 10.8. The van der Waals surface area contributed by atoms with Crippen LogP contribution in [0.3, 0.4) is 0 Å². The molecule has 0 aromatic heterocycles. The van der Waals surface area contributed by atoms with Crippen molar-refractivity contribution in [1.29, 1.82) is 0 Å². The highest BCUT2D eigenvalue weighted by molar-refractivity contribution is 9.09. The predicted molar refractivity (Wildman–Crippen MR) is 64.2 cm³/mol. The second-order valence-electron chi connectivity index (χ2n) is 3.90. The van der Waals surface area contributed by atoms with Gasteiger partial charge in [-0.2, -0.15) is 0 Å². The van der Waals surface area contributed by atoms with Gasteiger partial charge >= 0.3 is 0 Å². The van der Waals surface area contributed by atoms with Gasteiger partial charge in [0.2, 0.25) is 0 Å². The maximum absolute atomic E-state index is 5.25. The molecule has 1 fully saturated rings. The Labute approximate surface area is 98.7 Å². The fourth-order valence-electron chi connectivity index (χ4n) is 1.87. The van der Waals surface area contributed by atoms with Crippen molar-refractivity contribution in [2.75, 3.05) is 19.5 Å². The molecule has 0 saturated heterocycles. The van der Waals surface area contributed by atoms with E-state index in [1.165, 1.54) is 12.0 Å².